The zero-order chi connectivity index (χ0) is 13.2. The normalized spacial score (nSPS) is 28.3. The van der Waals surface area contributed by atoms with Gasteiger partial charge in [0, 0.05) is 5.56 Å². The highest BCUT2D eigenvalue weighted by Crippen LogP contribution is 2.41. The zero-order valence-electron chi connectivity index (χ0n) is 10.8. The molecule has 1 N–H and O–H groups in total. The zero-order valence-corrected chi connectivity index (χ0v) is 10.8. The van der Waals surface area contributed by atoms with Crippen LogP contribution < -0.4 is 0 Å². The van der Waals surface area contributed by atoms with Gasteiger partial charge in [-0.3, -0.25) is 0 Å². The molecule has 0 radical (unpaired) electrons. The van der Waals surface area contributed by atoms with Gasteiger partial charge in [-0.15, -0.1) is 0 Å². The molecule has 0 saturated heterocycles. The fraction of sp³-hybridized carbons (Fsp3) is 0.600. The van der Waals surface area contributed by atoms with E-state index >= 15 is 0 Å². The van der Waals surface area contributed by atoms with Crippen molar-refractivity contribution in [1.29, 1.82) is 0 Å². The summed E-state index contributed by atoms with van der Waals surface area (Å²) in [6.07, 6.45) is 5.12. The van der Waals surface area contributed by atoms with Crippen LogP contribution in [-0.4, -0.2) is 5.11 Å². The van der Waals surface area contributed by atoms with Gasteiger partial charge in [0.25, 0.3) is 0 Å². The SMILES string of the molecule is CCCC1CCC(O)(c2cc(F)ccc2F)CC1. The van der Waals surface area contributed by atoms with E-state index in [0.29, 0.717) is 18.8 Å². The molecule has 1 aromatic rings. The molecule has 1 saturated carbocycles. The summed E-state index contributed by atoms with van der Waals surface area (Å²) in [6.45, 7) is 2.15. The summed E-state index contributed by atoms with van der Waals surface area (Å²) < 4.78 is 26.9. The Hall–Kier alpha value is -0.960. The first-order valence-corrected chi connectivity index (χ1v) is 6.73. The third kappa shape index (κ3) is 2.72. The average molecular weight is 254 g/mol. The lowest BCUT2D eigenvalue weighted by molar-refractivity contribution is -0.0183. The van der Waals surface area contributed by atoms with Crippen molar-refractivity contribution in [2.45, 2.75) is 51.0 Å². The molecular weight excluding hydrogens is 234 g/mol. The minimum Gasteiger partial charge on any atom is -0.385 e. The molecule has 2 rings (SSSR count). The van der Waals surface area contributed by atoms with E-state index in [1.54, 1.807) is 0 Å². The van der Waals surface area contributed by atoms with Crippen LogP contribution in [0.5, 0.6) is 0 Å². The first-order chi connectivity index (χ1) is 8.55. The monoisotopic (exact) mass is 254 g/mol. The molecule has 0 atom stereocenters. The predicted molar refractivity (Wildman–Crippen MR) is 67.1 cm³/mol. The summed E-state index contributed by atoms with van der Waals surface area (Å²) in [5.41, 5.74) is -1.06. The Kier molecular flexibility index (Phi) is 4.00. The Balaban J connectivity index is 2.15. The van der Waals surface area contributed by atoms with E-state index in [4.69, 9.17) is 0 Å². The van der Waals surface area contributed by atoms with E-state index in [9.17, 15) is 13.9 Å². The number of rotatable bonds is 3. The lowest BCUT2D eigenvalue weighted by Crippen LogP contribution is -2.32. The second-order valence-corrected chi connectivity index (χ2v) is 5.39. The second kappa shape index (κ2) is 5.35. The van der Waals surface area contributed by atoms with Crippen LogP contribution in [0.4, 0.5) is 8.78 Å². The first-order valence-electron chi connectivity index (χ1n) is 6.73. The van der Waals surface area contributed by atoms with Crippen molar-refractivity contribution in [3.05, 3.63) is 35.4 Å². The van der Waals surface area contributed by atoms with E-state index < -0.39 is 17.2 Å². The highest BCUT2D eigenvalue weighted by molar-refractivity contribution is 5.25. The van der Waals surface area contributed by atoms with Crippen molar-refractivity contribution < 1.29 is 13.9 Å². The maximum absolute atomic E-state index is 13.7. The van der Waals surface area contributed by atoms with Crippen LogP contribution >= 0.6 is 0 Å². The Morgan fingerprint density at radius 2 is 1.94 bits per heavy atom. The van der Waals surface area contributed by atoms with E-state index in [-0.39, 0.29) is 5.56 Å². The summed E-state index contributed by atoms with van der Waals surface area (Å²) in [5, 5.41) is 10.5. The smallest absolute Gasteiger partial charge is 0.129 e. The van der Waals surface area contributed by atoms with Crippen LogP contribution in [0.1, 0.15) is 51.0 Å². The summed E-state index contributed by atoms with van der Waals surface area (Å²) in [6, 6.07) is 3.32. The fourth-order valence-corrected chi connectivity index (χ4v) is 2.98. The van der Waals surface area contributed by atoms with Gasteiger partial charge in [-0.05, 0) is 49.8 Å². The molecule has 0 amide bonds. The molecule has 0 heterocycles. The standard InChI is InChI=1S/C15H20F2O/c1-2-3-11-6-8-15(18,9-7-11)13-10-12(16)4-5-14(13)17/h4-5,10-11,18H,2-3,6-9H2,1H3. The third-order valence-electron chi connectivity index (χ3n) is 4.06. The Labute approximate surface area is 107 Å². The molecule has 100 valence electrons. The molecule has 1 nitrogen and oxygen atoms in total. The van der Waals surface area contributed by atoms with Gasteiger partial charge < -0.3 is 5.11 Å². The van der Waals surface area contributed by atoms with Crippen molar-refractivity contribution >= 4 is 0 Å². The number of benzene rings is 1. The largest absolute Gasteiger partial charge is 0.385 e. The molecule has 1 aliphatic rings. The van der Waals surface area contributed by atoms with Crippen LogP contribution in [-0.2, 0) is 5.60 Å². The molecule has 1 aromatic carbocycles. The molecule has 3 heteroatoms. The van der Waals surface area contributed by atoms with Crippen molar-refractivity contribution in [2.24, 2.45) is 5.92 Å². The Morgan fingerprint density at radius 3 is 2.56 bits per heavy atom. The van der Waals surface area contributed by atoms with E-state index in [1.165, 1.54) is 0 Å². The van der Waals surface area contributed by atoms with Crippen LogP contribution in [0, 0.1) is 17.6 Å². The van der Waals surface area contributed by atoms with E-state index in [1.807, 2.05) is 0 Å². The van der Waals surface area contributed by atoms with Crippen molar-refractivity contribution in [3.63, 3.8) is 0 Å². The molecule has 0 aliphatic heterocycles. The maximum atomic E-state index is 13.7. The average Bonchev–Trinajstić information content (AvgIpc) is 2.36. The lowest BCUT2D eigenvalue weighted by Gasteiger charge is -2.36. The van der Waals surface area contributed by atoms with Crippen molar-refractivity contribution in [3.8, 4) is 0 Å². The van der Waals surface area contributed by atoms with Gasteiger partial charge in [-0.1, -0.05) is 19.8 Å². The quantitative estimate of drug-likeness (QED) is 0.859. The van der Waals surface area contributed by atoms with Crippen molar-refractivity contribution in [1.82, 2.24) is 0 Å². The van der Waals surface area contributed by atoms with Crippen LogP contribution in [0.2, 0.25) is 0 Å². The number of hydrogen-bond donors (Lipinski definition) is 1. The summed E-state index contributed by atoms with van der Waals surface area (Å²) in [4.78, 5) is 0. The minimum absolute atomic E-state index is 0.123. The summed E-state index contributed by atoms with van der Waals surface area (Å²) in [5.74, 6) is -0.379. The highest BCUT2D eigenvalue weighted by atomic mass is 19.1. The first kappa shape index (κ1) is 13.5. The van der Waals surface area contributed by atoms with Gasteiger partial charge in [0.2, 0.25) is 0 Å². The van der Waals surface area contributed by atoms with Crippen LogP contribution in [0.15, 0.2) is 18.2 Å². The van der Waals surface area contributed by atoms with Crippen LogP contribution in [0.3, 0.4) is 0 Å². The van der Waals surface area contributed by atoms with E-state index in [0.717, 1.165) is 43.9 Å². The number of aliphatic hydroxyl groups is 1. The highest BCUT2D eigenvalue weighted by Gasteiger charge is 2.36. The molecule has 0 bridgehead atoms. The third-order valence-corrected chi connectivity index (χ3v) is 4.06. The molecule has 0 aromatic heterocycles. The molecule has 18 heavy (non-hydrogen) atoms. The second-order valence-electron chi connectivity index (χ2n) is 5.39. The Morgan fingerprint density at radius 1 is 1.28 bits per heavy atom. The maximum Gasteiger partial charge on any atom is 0.129 e. The van der Waals surface area contributed by atoms with Gasteiger partial charge in [0.1, 0.15) is 11.6 Å². The van der Waals surface area contributed by atoms with Gasteiger partial charge in [0.05, 0.1) is 5.60 Å². The van der Waals surface area contributed by atoms with Gasteiger partial charge in [0.15, 0.2) is 0 Å². The number of hydrogen-bond acceptors (Lipinski definition) is 1. The molecule has 0 spiro atoms. The minimum atomic E-state index is -1.18. The lowest BCUT2D eigenvalue weighted by atomic mass is 9.74. The van der Waals surface area contributed by atoms with Gasteiger partial charge in [-0.2, -0.15) is 0 Å². The number of halogens is 2. The molecule has 0 unspecified atom stereocenters. The fourth-order valence-electron chi connectivity index (χ4n) is 2.98. The Bertz CT molecular complexity index is 409. The predicted octanol–water partition coefficient (Wildman–Crippen LogP) is 4.14. The summed E-state index contributed by atoms with van der Waals surface area (Å²) in [7, 11) is 0. The topological polar surface area (TPSA) is 20.2 Å². The van der Waals surface area contributed by atoms with Crippen molar-refractivity contribution in [2.75, 3.05) is 0 Å². The molecular formula is C15H20F2O. The van der Waals surface area contributed by atoms with Gasteiger partial charge >= 0.3 is 0 Å². The van der Waals surface area contributed by atoms with E-state index in [2.05, 4.69) is 6.92 Å². The summed E-state index contributed by atoms with van der Waals surface area (Å²) >= 11 is 0. The van der Waals surface area contributed by atoms with Crippen LogP contribution in [0.25, 0.3) is 0 Å². The van der Waals surface area contributed by atoms with Gasteiger partial charge in [-0.25, -0.2) is 8.78 Å². The molecule has 1 fully saturated rings. The molecule has 1 aliphatic carbocycles.